The number of allylic oxidation sites excluding steroid dienone is 4. The number of esters is 3. The Morgan fingerprint density at radius 1 is 0.286 bits per heavy atom. The van der Waals surface area contributed by atoms with Crippen molar-refractivity contribution < 1.29 is 28.6 Å². The molecule has 0 N–H and O–H groups in total. The van der Waals surface area contributed by atoms with Crippen molar-refractivity contribution in [3.63, 3.8) is 0 Å². The molecule has 0 heterocycles. The van der Waals surface area contributed by atoms with Crippen LogP contribution >= 0.6 is 0 Å². The van der Waals surface area contributed by atoms with Crippen molar-refractivity contribution in [2.45, 2.75) is 354 Å². The van der Waals surface area contributed by atoms with Gasteiger partial charge in [0.1, 0.15) is 13.2 Å². The fourth-order valence-corrected chi connectivity index (χ4v) is 9.48. The summed E-state index contributed by atoms with van der Waals surface area (Å²) in [7, 11) is 0. The number of unbranched alkanes of at least 4 members (excludes halogenated alkanes) is 43. The first kappa shape index (κ1) is 67.9. The maximum absolute atomic E-state index is 12.8. The maximum atomic E-state index is 12.8. The molecule has 0 spiro atoms. The molecule has 70 heavy (non-hydrogen) atoms. The molecule has 0 aliphatic carbocycles. The molecule has 6 heteroatoms. The van der Waals surface area contributed by atoms with Gasteiger partial charge < -0.3 is 14.2 Å². The molecule has 0 fully saturated rings. The van der Waals surface area contributed by atoms with Crippen LogP contribution in [0, 0.1) is 0 Å². The standard InChI is InChI=1S/C64H120O6/c1-4-7-10-13-16-18-20-22-23-24-25-26-27-28-29-30-31-32-33-34-35-36-37-38-39-40-41-42-44-45-48-51-54-57-63(66)69-60-61(59-68-62(65)56-53-50-47-15-12-9-6-3)70-64(67)58-55-52-49-46-43-21-19-17-14-11-8-5-2/h20,22,24-25,61H,4-19,21,23,26-60H2,1-3H3/b22-20-,25-24-. The van der Waals surface area contributed by atoms with E-state index in [1.807, 2.05) is 0 Å². The van der Waals surface area contributed by atoms with E-state index in [9.17, 15) is 14.4 Å². The van der Waals surface area contributed by atoms with E-state index in [1.54, 1.807) is 0 Å². The molecule has 0 saturated carbocycles. The average Bonchev–Trinajstić information content (AvgIpc) is 3.36. The molecule has 0 rings (SSSR count). The summed E-state index contributed by atoms with van der Waals surface area (Å²) >= 11 is 0. The van der Waals surface area contributed by atoms with Crippen LogP contribution in [0.25, 0.3) is 0 Å². The van der Waals surface area contributed by atoms with Crippen LogP contribution in [0.15, 0.2) is 24.3 Å². The molecule has 0 bridgehead atoms. The van der Waals surface area contributed by atoms with Crippen LogP contribution in [0.3, 0.4) is 0 Å². The third-order valence-corrected chi connectivity index (χ3v) is 14.2. The summed E-state index contributed by atoms with van der Waals surface area (Å²) in [6.45, 7) is 6.63. The molecular formula is C64H120O6. The Labute approximate surface area is 436 Å². The lowest BCUT2D eigenvalue weighted by molar-refractivity contribution is -0.167. The van der Waals surface area contributed by atoms with Crippen LogP contribution < -0.4 is 0 Å². The molecule has 0 radical (unpaired) electrons. The minimum atomic E-state index is -0.762. The molecule has 0 aromatic rings. The van der Waals surface area contributed by atoms with Crippen LogP contribution in [-0.2, 0) is 28.6 Å². The van der Waals surface area contributed by atoms with Gasteiger partial charge in [-0.15, -0.1) is 0 Å². The van der Waals surface area contributed by atoms with E-state index in [2.05, 4.69) is 45.1 Å². The van der Waals surface area contributed by atoms with Crippen LogP contribution in [0.4, 0.5) is 0 Å². The quantitative estimate of drug-likeness (QED) is 0.0261. The van der Waals surface area contributed by atoms with E-state index in [0.29, 0.717) is 19.3 Å². The molecule has 0 amide bonds. The summed E-state index contributed by atoms with van der Waals surface area (Å²) in [5.41, 5.74) is 0. The van der Waals surface area contributed by atoms with Crippen molar-refractivity contribution in [2.75, 3.05) is 13.2 Å². The van der Waals surface area contributed by atoms with Gasteiger partial charge in [-0.05, 0) is 51.4 Å². The second-order valence-corrected chi connectivity index (χ2v) is 21.3. The number of rotatable bonds is 58. The Kier molecular flexibility index (Phi) is 57.7. The van der Waals surface area contributed by atoms with Gasteiger partial charge in [0.25, 0.3) is 0 Å². The Morgan fingerprint density at radius 3 is 0.786 bits per heavy atom. The zero-order chi connectivity index (χ0) is 50.7. The summed E-state index contributed by atoms with van der Waals surface area (Å²) in [6.07, 6.45) is 70.9. The SMILES string of the molecule is CCCCCCC/C=C\C/C=C\CCCCCCCCCCCCCCCCCCCCCCCC(=O)OCC(COC(=O)CCCCCCCCC)OC(=O)CCCCCCCCCCCCCC. The normalized spacial score (nSPS) is 12.1. The minimum absolute atomic E-state index is 0.0645. The summed E-state index contributed by atoms with van der Waals surface area (Å²) in [4.78, 5) is 37.9. The number of carbonyl (C=O) groups is 3. The van der Waals surface area contributed by atoms with Gasteiger partial charge >= 0.3 is 17.9 Å². The fraction of sp³-hybridized carbons (Fsp3) is 0.891. The predicted molar refractivity (Wildman–Crippen MR) is 303 cm³/mol. The zero-order valence-electron chi connectivity index (χ0n) is 47.3. The lowest BCUT2D eigenvalue weighted by Gasteiger charge is -2.18. The van der Waals surface area contributed by atoms with Crippen molar-refractivity contribution in [1.82, 2.24) is 0 Å². The van der Waals surface area contributed by atoms with Gasteiger partial charge in [0, 0.05) is 19.3 Å². The van der Waals surface area contributed by atoms with Gasteiger partial charge in [-0.2, -0.15) is 0 Å². The minimum Gasteiger partial charge on any atom is -0.462 e. The highest BCUT2D eigenvalue weighted by Gasteiger charge is 2.19. The first-order chi connectivity index (χ1) is 34.5. The lowest BCUT2D eigenvalue weighted by Crippen LogP contribution is -2.30. The molecule has 0 aromatic carbocycles. The van der Waals surface area contributed by atoms with Crippen LogP contribution in [-0.4, -0.2) is 37.2 Å². The number of hydrogen-bond acceptors (Lipinski definition) is 6. The summed E-state index contributed by atoms with van der Waals surface area (Å²) < 4.78 is 16.8. The third-order valence-electron chi connectivity index (χ3n) is 14.2. The van der Waals surface area contributed by atoms with Crippen LogP contribution in [0.2, 0.25) is 0 Å². The maximum Gasteiger partial charge on any atom is 0.306 e. The van der Waals surface area contributed by atoms with E-state index in [4.69, 9.17) is 14.2 Å². The topological polar surface area (TPSA) is 78.9 Å². The molecular weight excluding hydrogens is 865 g/mol. The van der Waals surface area contributed by atoms with Gasteiger partial charge in [0.15, 0.2) is 6.10 Å². The van der Waals surface area contributed by atoms with Crippen molar-refractivity contribution in [3.05, 3.63) is 24.3 Å². The molecule has 6 nitrogen and oxygen atoms in total. The molecule has 0 aliphatic heterocycles. The third kappa shape index (κ3) is 56.8. The first-order valence-corrected chi connectivity index (χ1v) is 31.3. The molecule has 1 unspecified atom stereocenters. The molecule has 0 aromatic heterocycles. The van der Waals surface area contributed by atoms with E-state index in [0.717, 1.165) is 64.2 Å². The van der Waals surface area contributed by atoms with E-state index in [-0.39, 0.29) is 31.1 Å². The summed E-state index contributed by atoms with van der Waals surface area (Å²) in [6, 6.07) is 0. The first-order valence-electron chi connectivity index (χ1n) is 31.3. The average molecular weight is 986 g/mol. The largest absolute Gasteiger partial charge is 0.462 e. The number of carbonyl (C=O) groups excluding carboxylic acids is 3. The van der Waals surface area contributed by atoms with Gasteiger partial charge in [-0.25, -0.2) is 0 Å². The van der Waals surface area contributed by atoms with Crippen molar-refractivity contribution >= 4 is 17.9 Å². The zero-order valence-corrected chi connectivity index (χ0v) is 47.3. The predicted octanol–water partition coefficient (Wildman–Crippen LogP) is 21.1. The lowest BCUT2D eigenvalue weighted by atomic mass is 10.0. The fourth-order valence-electron chi connectivity index (χ4n) is 9.48. The monoisotopic (exact) mass is 985 g/mol. The van der Waals surface area contributed by atoms with Gasteiger partial charge in [-0.3, -0.25) is 14.4 Å². The van der Waals surface area contributed by atoms with E-state index >= 15 is 0 Å². The van der Waals surface area contributed by atoms with E-state index < -0.39 is 6.10 Å². The smallest absolute Gasteiger partial charge is 0.306 e. The number of hydrogen-bond donors (Lipinski definition) is 0. The van der Waals surface area contributed by atoms with Crippen LogP contribution in [0.1, 0.15) is 348 Å². The van der Waals surface area contributed by atoms with Crippen molar-refractivity contribution in [1.29, 1.82) is 0 Å². The van der Waals surface area contributed by atoms with E-state index in [1.165, 1.54) is 244 Å². The molecule has 0 aliphatic rings. The second-order valence-electron chi connectivity index (χ2n) is 21.3. The van der Waals surface area contributed by atoms with Crippen LogP contribution in [0.5, 0.6) is 0 Å². The Bertz CT molecular complexity index is 1130. The second kappa shape index (κ2) is 59.5. The van der Waals surface area contributed by atoms with Crippen molar-refractivity contribution in [2.24, 2.45) is 0 Å². The highest BCUT2D eigenvalue weighted by molar-refractivity contribution is 5.71. The van der Waals surface area contributed by atoms with Gasteiger partial charge in [0.2, 0.25) is 0 Å². The molecule has 1 atom stereocenters. The van der Waals surface area contributed by atoms with Crippen molar-refractivity contribution in [3.8, 4) is 0 Å². The summed E-state index contributed by atoms with van der Waals surface area (Å²) in [5, 5.41) is 0. The molecule has 412 valence electrons. The Morgan fingerprint density at radius 2 is 0.514 bits per heavy atom. The highest BCUT2D eigenvalue weighted by atomic mass is 16.6. The molecule has 0 saturated heterocycles. The Balaban J connectivity index is 3.90. The Hall–Kier alpha value is -2.11. The van der Waals surface area contributed by atoms with Gasteiger partial charge in [0.05, 0.1) is 0 Å². The van der Waals surface area contributed by atoms with Gasteiger partial charge in [-0.1, -0.05) is 302 Å². The highest BCUT2D eigenvalue weighted by Crippen LogP contribution is 2.18. The summed E-state index contributed by atoms with van der Waals surface area (Å²) in [5.74, 6) is -0.851. The number of ether oxygens (including phenoxy) is 3.